The number of rotatable bonds is 4. The third-order valence-electron chi connectivity index (χ3n) is 4.82. The van der Waals surface area contributed by atoms with E-state index in [-0.39, 0.29) is 0 Å². The number of aromatic nitrogens is 3. The first kappa shape index (κ1) is 17.7. The van der Waals surface area contributed by atoms with Crippen LogP contribution in [0, 0.1) is 13.8 Å². The Bertz CT molecular complexity index is 795. The van der Waals surface area contributed by atoms with Crippen molar-refractivity contribution in [3.05, 3.63) is 39.8 Å². The normalized spacial score (nSPS) is 15.6. The minimum atomic E-state index is -0.520. The van der Waals surface area contributed by atoms with Gasteiger partial charge >= 0.3 is 0 Å². The van der Waals surface area contributed by atoms with E-state index in [1.807, 2.05) is 11.7 Å². The molecule has 0 bridgehead atoms. The second kappa shape index (κ2) is 7.01. The van der Waals surface area contributed by atoms with E-state index in [1.54, 1.807) is 6.07 Å². The van der Waals surface area contributed by atoms with Crippen molar-refractivity contribution in [1.82, 2.24) is 19.7 Å². The summed E-state index contributed by atoms with van der Waals surface area (Å²) >= 11 is 6.28. The van der Waals surface area contributed by atoms with Crippen molar-refractivity contribution >= 4 is 23.3 Å². The number of anilines is 1. The third-order valence-corrected chi connectivity index (χ3v) is 5.10. The maximum Gasteiger partial charge on any atom is 0.250 e. The van der Waals surface area contributed by atoms with Gasteiger partial charge in [-0.05, 0) is 19.9 Å². The Hall–Kier alpha value is -2.12. The quantitative estimate of drug-likeness (QED) is 0.891. The highest BCUT2D eigenvalue weighted by Gasteiger charge is 2.22. The Labute approximate surface area is 152 Å². The van der Waals surface area contributed by atoms with Gasteiger partial charge in [0.05, 0.1) is 16.3 Å². The Kier molecular flexibility index (Phi) is 4.96. The fraction of sp³-hybridized carbons (Fsp3) is 0.471. The molecule has 2 aromatic rings. The lowest BCUT2D eigenvalue weighted by Gasteiger charge is -2.35. The number of halogens is 1. The van der Waals surface area contributed by atoms with Gasteiger partial charge in [0.2, 0.25) is 5.91 Å². The lowest BCUT2D eigenvalue weighted by molar-refractivity contribution is 0.1000. The fourth-order valence-corrected chi connectivity index (χ4v) is 3.47. The van der Waals surface area contributed by atoms with Crippen molar-refractivity contribution in [2.75, 3.05) is 31.1 Å². The van der Waals surface area contributed by atoms with Crippen LogP contribution < -0.4 is 10.6 Å². The van der Waals surface area contributed by atoms with E-state index < -0.39 is 5.91 Å². The molecule has 2 aromatic heterocycles. The number of amides is 1. The number of primary amides is 1. The Morgan fingerprint density at radius 2 is 1.96 bits per heavy atom. The van der Waals surface area contributed by atoms with Crippen molar-refractivity contribution in [2.45, 2.75) is 20.4 Å². The van der Waals surface area contributed by atoms with Gasteiger partial charge in [-0.15, -0.1) is 0 Å². The minimum Gasteiger partial charge on any atom is -0.366 e. The van der Waals surface area contributed by atoms with Crippen molar-refractivity contribution < 1.29 is 4.79 Å². The molecule has 1 saturated heterocycles. The molecule has 134 valence electrons. The number of pyridine rings is 1. The van der Waals surface area contributed by atoms with E-state index in [0.717, 1.165) is 38.4 Å². The zero-order chi connectivity index (χ0) is 18.1. The largest absolute Gasteiger partial charge is 0.366 e. The van der Waals surface area contributed by atoms with Gasteiger partial charge in [-0.2, -0.15) is 5.10 Å². The van der Waals surface area contributed by atoms with Gasteiger partial charge in [0.1, 0.15) is 5.82 Å². The lowest BCUT2D eigenvalue weighted by atomic mass is 10.1. The zero-order valence-electron chi connectivity index (χ0n) is 14.8. The standard InChI is InChI=1S/C17H23ClN6O/c1-11-14(12(2)22(3)21-11)10-23-4-6-24(7-5-23)17-15(18)8-13(9-20-17)16(19)25/h8-9H,4-7,10H2,1-3H3,(H2,19,25). The summed E-state index contributed by atoms with van der Waals surface area (Å²) in [4.78, 5) is 20.1. The Morgan fingerprint density at radius 1 is 1.28 bits per heavy atom. The monoisotopic (exact) mass is 362 g/mol. The molecule has 0 unspecified atom stereocenters. The first-order valence-electron chi connectivity index (χ1n) is 8.28. The molecular weight excluding hydrogens is 340 g/mol. The van der Waals surface area contributed by atoms with Crippen molar-refractivity contribution in [2.24, 2.45) is 12.8 Å². The van der Waals surface area contributed by atoms with Gasteiger partial charge in [0.25, 0.3) is 0 Å². The smallest absolute Gasteiger partial charge is 0.250 e. The summed E-state index contributed by atoms with van der Waals surface area (Å²) < 4.78 is 1.94. The number of carbonyl (C=O) groups excluding carboxylic acids is 1. The van der Waals surface area contributed by atoms with E-state index >= 15 is 0 Å². The SMILES string of the molecule is Cc1nn(C)c(C)c1CN1CCN(c2ncc(C(N)=O)cc2Cl)CC1. The first-order valence-corrected chi connectivity index (χ1v) is 8.66. The van der Waals surface area contributed by atoms with Crippen LogP contribution in [-0.4, -0.2) is 51.8 Å². The van der Waals surface area contributed by atoms with Crippen LogP contribution in [0.1, 0.15) is 27.3 Å². The maximum atomic E-state index is 11.2. The van der Waals surface area contributed by atoms with Gasteiger partial charge < -0.3 is 10.6 Å². The third kappa shape index (κ3) is 3.62. The molecule has 0 saturated carbocycles. The van der Waals surface area contributed by atoms with Crippen LogP contribution in [0.3, 0.4) is 0 Å². The fourth-order valence-electron chi connectivity index (χ4n) is 3.19. The van der Waals surface area contributed by atoms with Crippen LogP contribution >= 0.6 is 11.6 Å². The number of aryl methyl sites for hydroxylation is 2. The van der Waals surface area contributed by atoms with Crippen LogP contribution in [0.4, 0.5) is 5.82 Å². The van der Waals surface area contributed by atoms with Gasteiger partial charge in [-0.3, -0.25) is 14.4 Å². The summed E-state index contributed by atoms with van der Waals surface area (Å²) in [6.45, 7) is 8.58. The van der Waals surface area contributed by atoms with Crippen LogP contribution in [0.5, 0.6) is 0 Å². The molecule has 3 heterocycles. The van der Waals surface area contributed by atoms with E-state index in [1.165, 1.54) is 17.5 Å². The molecule has 0 radical (unpaired) electrons. The number of piperazine rings is 1. The molecule has 1 aliphatic rings. The average Bonchev–Trinajstić information content (AvgIpc) is 2.82. The van der Waals surface area contributed by atoms with Crippen LogP contribution in [-0.2, 0) is 13.6 Å². The maximum absolute atomic E-state index is 11.2. The predicted octanol–water partition coefficient (Wildman–Crippen LogP) is 1.51. The second-order valence-corrected chi connectivity index (χ2v) is 6.84. The lowest BCUT2D eigenvalue weighted by Crippen LogP contribution is -2.46. The molecule has 1 fully saturated rings. The highest BCUT2D eigenvalue weighted by molar-refractivity contribution is 6.33. The summed E-state index contributed by atoms with van der Waals surface area (Å²) in [5.41, 5.74) is 9.20. The summed E-state index contributed by atoms with van der Waals surface area (Å²) in [5.74, 6) is 0.188. The zero-order valence-corrected chi connectivity index (χ0v) is 15.5. The van der Waals surface area contributed by atoms with E-state index in [2.05, 4.69) is 33.7 Å². The van der Waals surface area contributed by atoms with E-state index in [9.17, 15) is 4.79 Å². The molecule has 0 spiro atoms. The molecular formula is C17H23ClN6O. The van der Waals surface area contributed by atoms with Crippen molar-refractivity contribution in [3.63, 3.8) is 0 Å². The number of nitrogens with zero attached hydrogens (tertiary/aromatic N) is 5. The minimum absolute atomic E-state index is 0.329. The van der Waals surface area contributed by atoms with Gasteiger partial charge in [-0.1, -0.05) is 11.6 Å². The molecule has 7 nitrogen and oxygen atoms in total. The molecule has 2 N–H and O–H groups in total. The summed E-state index contributed by atoms with van der Waals surface area (Å²) in [6.07, 6.45) is 1.48. The summed E-state index contributed by atoms with van der Waals surface area (Å²) in [6, 6.07) is 1.58. The van der Waals surface area contributed by atoms with Crippen LogP contribution in [0.2, 0.25) is 5.02 Å². The van der Waals surface area contributed by atoms with Crippen molar-refractivity contribution in [3.8, 4) is 0 Å². The predicted molar refractivity (Wildman–Crippen MR) is 97.9 cm³/mol. The topological polar surface area (TPSA) is 80.3 Å². The Balaban J connectivity index is 1.65. The second-order valence-electron chi connectivity index (χ2n) is 6.43. The number of hydrogen-bond donors (Lipinski definition) is 1. The molecule has 1 amide bonds. The highest BCUT2D eigenvalue weighted by Crippen LogP contribution is 2.25. The number of hydrogen-bond acceptors (Lipinski definition) is 5. The van der Waals surface area contributed by atoms with Gasteiger partial charge in [0.15, 0.2) is 0 Å². The summed E-state index contributed by atoms with van der Waals surface area (Å²) in [5, 5.41) is 4.95. The average molecular weight is 363 g/mol. The molecule has 25 heavy (non-hydrogen) atoms. The number of carbonyl (C=O) groups is 1. The highest BCUT2D eigenvalue weighted by atomic mass is 35.5. The molecule has 0 aromatic carbocycles. The molecule has 1 aliphatic heterocycles. The van der Waals surface area contributed by atoms with Gasteiger partial charge in [-0.25, -0.2) is 4.98 Å². The molecule has 8 heteroatoms. The van der Waals surface area contributed by atoms with Crippen LogP contribution in [0.25, 0.3) is 0 Å². The molecule has 0 atom stereocenters. The van der Waals surface area contributed by atoms with Crippen molar-refractivity contribution in [1.29, 1.82) is 0 Å². The number of nitrogens with two attached hydrogens (primary N) is 1. The molecule has 3 rings (SSSR count). The van der Waals surface area contributed by atoms with Crippen LogP contribution in [0.15, 0.2) is 12.3 Å². The van der Waals surface area contributed by atoms with E-state index in [4.69, 9.17) is 17.3 Å². The van der Waals surface area contributed by atoms with E-state index in [0.29, 0.717) is 16.4 Å². The van der Waals surface area contributed by atoms with Gasteiger partial charge in [0, 0.05) is 57.2 Å². The first-order chi connectivity index (χ1) is 11.9. The Morgan fingerprint density at radius 3 is 2.48 bits per heavy atom. The summed E-state index contributed by atoms with van der Waals surface area (Å²) in [7, 11) is 1.98. The molecule has 0 aliphatic carbocycles.